The SMILES string of the molecule is CC(C)CC1CO[C@@H](C(F)(F)F)N1. The van der Waals surface area contributed by atoms with Crippen molar-refractivity contribution in [1.82, 2.24) is 5.32 Å². The highest BCUT2D eigenvalue weighted by molar-refractivity contribution is 4.80. The van der Waals surface area contributed by atoms with Crippen LogP contribution in [0.4, 0.5) is 13.2 Å². The van der Waals surface area contributed by atoms with Crippen molar-refractivity contribution in [2.45, 2.75) is 38.7 Å². The van der Waals surface area contributed by atoms with E-state index in [-0.39, 0.29) is 12.6 Å². The molecule has 2 nitrogen and oxygen atoms in total. The Kier molecular flexibility index (Phi) is 3.18. The van der Waals surface area contributed by atoms with Crippen LogP contribution in [0.1, 0.15) is 20.3 Å². The van der Waals surface area contributed by atoms with E-state index in [4.69, 9.17) is 0 Å². The fourth-order valence-electron chi connectivity index (χ4n) is 1.42. The van der Waals surface area contributed by atoms with Gasteiger partial charge < -0.3 is 4.74 Å². The van der Waals surface area contributed by atoms with Crippen LogP contribution in [0.2, 0.25) is 0 Å². The van der Waals surface area contributed by atoms with Gasteiger partial charge in [0.25, 0.3) is 0 Å². The molecule has 0 amide bonds. The number of hydrogen-bond acceptors (Lipinski definition) is 2. The van der Waals surface area contributed by atoms with Crippen molar-refractivity contribution in [2.75, 3.05) is 6.61 Å². The summed E-state index contributed by atoms with van der Waals surface area (Å²) in [6.45, 7) is 4.10. The normalized spacial score (nSPS) is 30.0. The zero-order chi connectivity index (χ0) is 10.1. The van der Waals surface area contributed by atoms with Gasteiger partial charge in [-0.15, -0.1) is 0 Å². The van der Waals surface area contributed by atoms with E-state index in [2.05, 4.69) is 10.1 Å². The third kappa shape index (κ3) is 3.15. The van der Waals surface area contributed by atoms with Crippen LogP contribution in [0.3, 0.4) is 0 Å². The van der Waals surface area contributed by atoms with Crippen LogP contribution in [-0.4, -0.2) is 25.1 Å². The lowest BCUT2D eigenvalue weighted by molar-refractivity contribution is -0.212. The van der Waals surface area contributed by atoms with E-state index in [1.54, 1.807) is 0 Å². The number of alkyl halides is 3. The fraction of sp³-hybridized carbons (Fsp3) is 1.00. The molecule has 1 saturated heterocycles. The molecule has 1 rings (SSSR count). The largest absolute Gasteiger partial charge is 0.428 e. The van der Waals surface area contributed by atoms with Gasteiger partial charge in [0, 0.05) is 6.04 Å². The number of hydrogen-bond donors (Lipinski definition) is 1. The van der Waals surface area contributed by atoms with Crippen molar-refractivity contribution in [1.29, 1.82) is 0 Å². The number of ether oxygens (including phenoxy) is 1. The second-order valence-electron chi connectivity index (χ2n) is 3.75. The Bertz CT molecular complexity index is 169. The molecule has 0 aromatic carbocycles. The Labute approximate surface area is 75.4 Å². The van der Waals surface area contributed by atoms with E-state index in [0.717, 1.165) is 0 Å². The Morgan fingerprint density at radius 2 is 2.08 bits per heavy atom. The molecule has 0 radical (unpaired) electrons. The molecule has 1 fully saturated rings. The van der Waals surface area contributed by atoms with Gasteiger partial charge in [-0.25, -0.2) is 0 Å². The third-order valence-corrected chi connectivity index (χ3v) is 1.90. The standard InChI is InChI=1S/C8H14F3NO/c1-5(2)3-6-4-13-7(12-6)8(9,10)11/h5-7,12H,3-4H2,1-2H3/t6?,7-/m0/s1. The van der Waals surface area contributed by atoms with Crippen LogP contribution >= 0.6 is 0 Å². The summed E-state index contributed by atoms with van der Waals surface area (Å²) in [7, 11) is 0. The molecule has 13 heavy (non-hydrogen) atoms. The lowest BCUT2D eigenvalue weighted by Crippen LogP contribution is -2.41. The molecule has 2 atom stereocenters. The molecule has 0 aliphatic carbocycles. The third-order valence-electron chi connectivity index (χ3n) is 1.90. The van der Waals surface area contributed by atoms with Gasteiger partial charge in [0.15, 0.2) is 0 Å². The molecule has 0 aromatic rings. The smallest absolute Gasteiger partial charge is 0.352 e. The van der Waals surface area contributed by atoms with E-state index < -0.39 is 12.4 Å². The molecular formula is C8H14F3NO. The summed E-state index contributed by atoms with van der Waals surface area (Å²) in [6.07, 6.45) is -5.34. The molecule has 0 bridgehead atoms. The number of rotatable bonds is 2. The van der Waals surface area contributed by atoms with E-state index in [1.807, 2.05) is 13.8 Å². The summed E-state index contributed by atoms with van der Waals surface area (Å²) in [5, 5.41) is 2.42. The van der Waals surface area contributed by atoms with Crippen LogP contribution in [0.5, 0.6) is 0 Å². The van der Waals surface area contributed by atoms with Crippen LogP contribution in [0.25, 0.3) is 0 Å². The van der Waals surface area contributed by atoms with Crippen LogP contribution < -0.4 is 5.32 Å². The molecule has 78 valence electrons. The van der Waals surface area contributed by atoms with Gasteiger partial charge in [-0.2, -0.15) is 13.2 Å². The van der Waals surface area contributed by atoms with Crippen molar-refractivity contribution in [3.8, 4) is 0 Å². The number of nitrogens with one attached hydrogen (secondary N) is 1. The molecule has 0 aromatic heterocycles. The van der Waals surface area contributed by atoms with E-state index in [9.17, 15) is 13.2 Å². The molecule has 1 unspecified atom stereocenters. The maximum Gasteiger partial charge on any atom is 0.428 e. The van der Waals surface area contributed by atoms with Gasteiger partial charge in [-0.3, -0.25) is 5.32 Å². The van der Waals surface area contributed by atoms with E-state index in [1.165, 1.54) is 0 Å². The van der Waals surface area contributed by atoms with Crippen LogP contribution in [-0.2, 0) is 4.74 Å². The maximum atomic E-state index is 12.1. The summed E-state index contributed by atoms with van der Waals surface area (Å²) in [5.74, 6) is 0.382. The Balaban J connectivity index is 2.36. The minimum atomic E-state index is -4.29. The summed E-state index contributed by atoms with van der Waals surface area (Å²) in [4.78, 5) is 0. The molecule has 1 aliphatic heterocycles. The lowest BCUT2D eigenvalue weighted by atomic mass is 10.1. The first-order valence-electron chi connectivity index (χ1n) is 4.34. The summed E-state index contributed by atoms with van der Waals surface area (Å²) >= 11 is 0. The van der Waals surface area contributed by atoms with Gasteiger partial charge in [0.2, 0.25) is 6.23 Å². The van der Waals surface area contributed by atoms with Crippen molar-refractivity contribution >= 4 is 0 Å². The molecule has 1 N–H and O–H groups in total. The second-order valence-corrected chi connectivity index (χ2v) is 3.75. The zero-order valence-corrected chi connectivity index (χ0v) is 7.69. The topological polar surface area (TPSA) is 21.3 Å². The first-order valence-corrected chi connectivity index (χ1v) is 4.34. The molecule has 0 saturated carbocycles. The van der Waals surface area contributed by atoms with Crippen molar-refractivity contribution in [3.05, 3.63) is 0 Å². The quantitative estimate of drug-likeness (QED) is 0.730. The first kappa shape index (κ1) is 10.8. The predicted molar refractivity (Wildman–Crippen MR) is 42.2 cm³/mol. The van der Waals surface area contributed by atoms with Crippen LogP contribution in [0.15, 0.2) is 0 Å². The highest BCUT2D eigenvalue weighted by Crippen LogP contribution is 2.25. The predicted octanol–water partition coefficient (Wildman–Crippen LogP) is 1.91. The average Bonchev–Trinajstić information content (AvgIpc) is 2.32. The van der Waals surface area contributed by atoms with E-state index >= 15 is 0 Å². The Morgan fingerprint density at radius 3 is 2.46 bits per heavy atom. The average molecular weight is 197 g/mol. The minimum absolute atomic E-state index is 0.155. The molecule has 0 spiro atoms. The first-order chi connectivity index (χ1) is 5.89. The van der Waals surface area contributed by atoms with Gasteiger partial charge in [-0.05, 0) is 12.3 Å². The molecule has 5 heteroatoms. The lowest BCUT2D eigenvalue weighted by Gasteiger charge is -2.15. The van der Waals surface area contributed by atoms with Gasteiger partial charge in [-0.1, -0.05) is 13.8 Å². The zero-order valence-electron chi connectivity index (χ0n) is 7.69. The maximum absolute atomic E-state index is 12.1. The van der Waals surface area contributed by atoms with Crippen LogP contribution in [0, 0.1) is 5.92 Å². The highest BCUT2D eigenvalue weighted by atomic mass is 19.4. The van der Waals surface area contributed by atoms with Crippen molar-refractivity contribution < 1.29 is 17.9 Å². The molecular weight excluding hydrogens is 183 g/mol. The fourth-order valence-corrected chi connectivity index (χ4v) is 1.42. The Morgan fingerprint density at radius 1 is 1.46 bits per heavy atom. The van der Waals surface area contributed by atoms with Gasteiger partial charge in [0.1, 0.15) is 0 Å². The monoisotopic (exact) mass is 197 g/mol. The van der Waals surface area contributed by atoms with Gasteiger partial charge in [0.05, 0.1) is 6.61 Å². The summed E-state index contributed by atoms with van der Waals surface area (Å²) < 4.78 is 40.8. The highest BCUT2D eigenvalue weighted by Gasteiger charge is 2.45. The Hall–Kier alpha value is -0.290. The molecule has 1 heterocycles. The van der Waals surface area contributed by atoms with Crippen molar-refractivity contribution in [2.24, 2.45) is 5.92 Å². The number of halogens is 3. The van der Waals surface area contributed by atoms with Crippen molar-refractivity contribution in [3.63, 3.8) is 0 Å². The summed E-state index contributed by atoms with van der Waals surface area (Å²) in [5.41, 5.74) is 0. The summed E-state index contributed by atoms with van der Waals surface area (Å²) in [6, 6.07) is -0.161. The van der Waals surface area contributed by atoms with Gasteiger partial charge >= 0.3 is 6.18 Å². The van der Waals surface area contributed by atoms with E-state index in [0.29, 0.717) is 12.3 Å². The molecule has 1 aliphatic rings. The minimum Gasteiger partial charge on any atom is -0.352 e. The second kappa shape index (κ2) is 3.84.